The van der Waals surface area contributed by atoms with Crippen molar-refractivity contribution in [2.45, 2.75) is 39.7 Å². The Hall–Kier alpha value is -4.11. The molecule has 2 aromatic heterocycles. The topological polar surface area (TPSA) is 107 Å². The fourth-order valence-corrected chi connectivity index (χ4v) is 3.18. The largest absolute Gasteiger partial charge is 0.386 e. The molecule has 4 rings (SSSR count). The number of hydrogen-bond acceptors (Lipinski definition) is 6. The minimum atomic E-state index is -1.49. The summed E-state index contributed by atoms with van der Waals surface area (Å²) in [7, 11) is 1.53. The highest BCUT2D eigenvalue weighted by Gasteiger charge is 2.24. The molecule has 1 unspecified atom stereocenters. The number of hydrogen-bond donors (Lipinski definition) is 4. The molecule has 4 N–H and O–H groups in total. The van der Waals surface area contributed by atoms with Crippen molar-refractivity contribution >= 4 is 41.2 Å². The van der Waals surface area contributed by atoms with E-state index in [1.165, 1.54) is 39.1 Å². The first-order valence-electron chi connectivity index (χ1n) is 11.7. The van der Waals surface area contributed by atoms with Gasteiger partial charge in [0.15, 0.2) is 5.82 Å². The second-order valence-corrected chi connectivity index (χ2v) is 7.57. The number of para-hydroxylation sites is 1. The van der Waals surface area contributed by atoms with Gasteiger partial charge in [-0.1, -0.05) is 44.9 Å². The average Bonchev–Trinajstić information content (AvgIpc) is 3.34. The number of fused-ring (bicyclic) bond motifs is 1. The first-order chi connectivity index (χ1) is 17.9. The number of H-pyrrole nitrogens is 1. The lowest BCUT2D eigenvalue weighted by molar-refractivity contribution is -0.106. The van der Waals surface area contributed by atoms with Crippen molar-refractivity contribution in [1.29, 1.82) is 0 Å². The molecule has 9 heteroatoms. The molecule has 2 heterocycles. The first-order valence-corrected chi connectivity index (χ1v) is 11.7. The molecule has 2 aromatic carbocycles. The lowest BCUT2D eigenvalue weighted by Crippen LogP contribution is -2.08. The number of benzene rings is 2. The molecule has 0 saturated heterocycles. The van der Waals surface area contributed by atoms with Crippen LogP contribution in [-0.2, 0) is 9.59 Å². The smallest absolute Gasteiger partial charge is 0.155 e. The summed E-state index contributed by atoms with van der Waals surface area (Å²) in [4.78, 5) is 24.1. The van der Waals surface area contributed by atoms with E-state index in [0.29, 0.717) is 22.3 Å². The lowest BCUT2D eigenvalue weighted by atomic mass is 9.99. The molecule has 4 aromatic rings. The molecule has 0 saturated carbocycles. The second kappa shape index (κ2) is 16.5. The molecular weight excluding hydrogens is 478 g/mol. The number of aldehydes is 1. The molecule has 0 fully saturated rings. The summed E-state index contributed by atoms with van der Waals surface area (Å²) in [6, 6.07) is 13.7. The Bertz CT molecular complexity index is 1230. The van der Waals surface area contributed by atoms with Crippen molar-refractivity contribution in [3.63, 3.8) is 0 Å². The third-order valence-electron chi connectivity index (χ3n) is 5.09. The van der Waals surface area contributed by atoms with Gasteiger partial charge in [0.05, 0.1) is 23.1 Å². The van der Waals surface area contributed by atoms with Gasteiger partial charge in [0.1, 0.15) is 30.6 Å². The van der Waals surface area contributed by atoms with Gasteiger partial charge in [0.25, 0.3) is 0 Å². The molecule has 0 aliphatic rings. The summed E-state index contributed by atoms with van der Waals surface area (Å²) in [5.41, 5.74) is 2.12. The molecule has 7 nitrogen and oxygen atoms in total. The molecule has 1 atom stereocenters. The predicted octanol–water partition coefficient (Wildman–Crippen LogP) is 6.53. The number of nitrogens with one attached hydrogen (secondary N) is 3. The van der Waals surface area contributed by atoms with Gasteiger partial charge in [0, 0.05) is 29.9 Å². The lowest BCUT2D eigenvalue weighted by Gasteiger charge is -2.15. The van der Waals surface area contributed by atoms with E-state index in [1.807, 2.05) is 37.1 Å². The molecule has 0 spiro atoms. The number of carbonyl (C=O) groups excluding carboxylic acids is 2. The number of halogens is 2. The normalized spacial score (nSPS) is 10.5. The van der Waals surface area contributed by atoms with Gasteiger partial charge in [0.2, 0.25) is 0 Å². The first kappa shape index (κ1) is 30.9. The Morgan fingerprint density at radius 1 is 1.08 bits per heavy atom. The van der Waals surface area contributed by atoms with Crippen LogP contribution in [0.25, 0.3) is 11.0 Å². The van der Waals surface area contributed by atoms with Crippen molar-refractivity contribution in [1.82, 2.24) is 9.97 Å². The monoisotopic (exact) mass is 512 g/mol. The van der Waals surface area contributed by atoms with Crippen molar-refractivity contribution in [3.8, 4) is 0 Å². The van der Waals surface area contributed by atoms with Crippen LogP contribution in [0.5, 0.6) is 0 Å². The number of rotatable bonds is 6. The third kappa shape index (κ3) is 8.50. The van der Waals surface area contributed by atoms with Crippen LogP contribution in [-0.4, -0.2) is 35.2 Å². The number of anilines is 3. The highest BCUT2D eigenvalue weighted by atomic mass is 19.1. The molecule has 0 aliphatic carbocycles. The standard InChI is InChI=1S/C21H18F2N4O.C4H10.C2H4O.CH2O/c1-24-17-8-7-16(22)18(19(17)23)20(28)15-11-26-21-14(15)9-13(10-25-21)27-12-5-3-2-4-6-12;1-3-4-2;1-2-3;1-2/h2-11,20,24,27-28H,1H3,(H,25,26);3-4H2,1-2H3;2H,1H3;1H2. The zero-order valence-electron chi connectivity index (χ0n) is 21.5. The van der Waals surface area contributed by atoms with Gasteiger partial charge in [-0.05, 0) is 37.3 Å². The van der Waals surface area contributed by atoms with E-state index in [-0.39, 0.29) is 5.69 Å². The van der Waals surface area contributed by atoms with Crippen LogP contribution in [0.15, 0.2) is 60.9 Å². The summed E-state index contributed by atoms with van der Waals surface area (Å²) >= 11 is 0. The number of pyridine rings is 1. The number of aromatic amines is 1. The highest BCUT2D eigenvalue weighted by molar-refractivity contribution is 5.84. The van der Waals surface area contributed by atoms with E-state index < -0.39 is 23.3 Å². The maximum Gasteiger partial charge on any atom is 0.155 e. The van der Waals surface area contributed by atoms with Crippen LogP contribution in [0.1, 0.15) is 50.8 Å². The number of unbranched alkanes of at least 4 members (excludes halogenated alkanes) is 1. The van der Waals surface area contributed by atoms with Gasteiger partial charge >= 0.3 is 0 Å². The zero-order valence-corrected chi connectivity index (χ0v) is 21.5. The minimum Gasteiger partial charge on any atom is -0.386 e. The number of carbonyl (C=O) groups is 2. The quantitative estimate of drug-likeness (QED) is 0.219. The summed E-state index contributed by atoms with van der Waals surface area (Å²) in [6.45, 7) is 7.81. The van der Waals surface area contributed by atoms with Gasteiger partial charge < -0.3 is 30.3 Å². The van der Waals surface area contributed by atoms with Crippen molar-refractivity contribution in [2.75, 3.05) is 17.7 Å². The van der Waals surface area contributed by atoms with Crippen LogP contribution in [0.2, 0.25) is 0 Å². The fourth-order valence-electron chi connectivity index (χ4n) is 3.18. The Balaban J connectivity index is 0.000000670. The van der Waals surface area contributed by atoms with E-state index in [4.69, 9.17) is 9.59 Å². The maximum absolute atomic E-state index is 14.6. The third-order valence-corrected chi connectivity index (χ3v) is 5.09. The Labute approximate surface area is 216 Å². The predicted molar refractivity (Wildman–Crippen MR) is 145 cm³/mol. The Morgan fingerprint density at radius 3 is 2.27 bits per heavy atom. The molecule has 0 radical (unpaired) electrons. The summed E-state index contributed by atoms with van der Waals surface area (Å²) in [6.07, 6.45) is 5.06. The average molecular weight is 513 g/mol. The number of aromatic nitrogens is 2. The van der Waals surface area contributed by atoms with Crippen molar-refractivity contribution in [2.24, 2.45) is 0 Å². The molecule has 198 valence electrons. The second-order valence-electron chi connectivity index (χ2n) is 7.57. The highest BCUT2D eigenvalue weighted by Crippen LogP contribution is 2.34. The Kier molecular flexibility index (Phi) is 13.8. The van der Waals surface area contributed by atoms with Crippen LogP contribution in [0.3, 0.4) is 0 Å². The van der Waals surface area contributed by atoms with Gasteiger partial charge in [-0.3, -0.25) is 0 Å². The molecule has 0 bridgehead atoms. The molecule has 0 aliphatic heterocycles. The van der Waals surface area contributed by atoms with Crippen molar-refractivity contribution in [3.05, 3.63) is 83.7 Å². The van der Waals surface area contributed by atoms with E-state index in [9.17, 15) is 13.9 Å². The number of aliphatic hydroxyl groups excluding tert-OH is 1. The van der Waals surface area contributed by atoms with Crippen LogP contribution in [0.4, 0.5) is 25.8 Å². The van der Waals surface area contributed by atoms with E-state index in [1.54, 1.807) is 12.3 Å². The fraction of sp³-hybridized carbons (Fsp3) is 0.250. The Morgan fingerprint density at radius 2 is 1.70 bits per heavy atom. The molecular formula is C28H34F2N4O3. The maximum atomic E-state index is 14.6. The van der Waals surface area contributed by atoms with Gasteiger partial charge in [-0.15, -0.1) is 0 Å². The summed E-state index contributed by atoms with van der Waals surface area (Å²) in [5, 5.41) is 17.2. The van der Waals surface area contributed by atoms with Gasteiger partial charge in [-0.2, -0.15) is 0 Å². The molecule has 0 amide bonds. The van der Waals surface area contributed by atoms with Crippen LogP contribution >= 0.6 is 0 Å². The number of nitrogens with zero attached hydrogens (tertiary/aromatic N) is 1. The van der Waals surface area contributed by atoms with E-state index in [0.717, 1.165) is 18.0 Å². The SMILES string of the molecule is C=O.CC=O.CCCC.CNc1ccc(F)c(C(O)c2c[nH]c3ncc(Nc4ccccc4)cc23)c1F. The van der Waals surface area contributed by atoms with E-state index in [2.05, 4.69) is 34.4 Å². The van der Waals surface area contributed by atoms with Crippen LogP contribution < -0.4 is 10.6 Å². The summed E-state index contributed by atoms with van der Waals surface area (Å²) < 4.78 is 29.0. The van der Waals surface area contributed by atoms with Crippen LogP contribution in [0, 0.1) is 11.6 Å². The van der Waals surface area contributed by atoms with Crippen molar-refractivity contribution < 1.29 is 23.5 Å². The van der Waals surface area contributed by atoms with E-state index >= 15 is 0 Å². The zero-order chi connectivity index (χ0) is 27.8. The number of aliphatic hydroxyl groups is 1. The minimum absolute atomic E-state index is 0.111. The van der Waals surface area contributed by atoms with Gasteiger partial charge in [-0.25, -0.2) is 13.8 Å². The molecule has 37 heavy (non-hydrogen) atoms. The summed E-state index contributed by atoms with van der Waals surface area (Å²) in [5.74, 6) is -1.64.